The maximum Gasteiger partial charge on any atom is 0.225 e. The molecule has 0 aromatic heterocycles. The van der Waals surface area contributed by atoms with Gasteiger partial charge in [-0.3, -0.25) is 9.79 Å². The molecule has 0 saturated heterocycles. The lowest BCUT2D eigenvalue weighted by Gasteiger charge is -2.33. The Morgan fingerprint density at radius 3 is 2.52 bits per heavy atom. The van der Waals surface area contributed by atoms with Gasteiger partial charge in [0.05, 0.1) is 0 Å². The predicted octanol–water partition coefficient (Wildman–Crippen LogP) is 4.86. The van der Waals surface area contributed by atoms with Crippen LogP contribution in [0, 0.1) is 0 Å². The number of fused-ring (bicyclic) bond motifs is 1. The molecule has 1 atom stereocenters. The Labute approximate surface area is 214 Å². The average Bonchev–Trinajstić information content (AvgIpc) is 2.84. The highest BCUT2D eigenvalue weighted by atomic mass is 127. The maximum atomic E-state index is 12.0. The Morgan fingerprint density at radius 2 is 1.79 bits per heavy atom. The van der Waals surface area contributed by atoms with E-state index in [1.807, 2.05) is 18.2 Å². The number of anilines is 2. The van der Waals surface area contributed by atoms with E-state index in [1.54, 1.807) is 7.05 Å². The minimum absolute atomic E-state index is 0. The molecule has 1 unspecified atom stereocenters. The van der Waals surface area contributed by atoms with Crippen molar-refractivity contribution in [3.8, 4) is 0 Å². The zero-order chi connectivity index (χ0) is 22.3. The van der Waals surface area contributed by atoms with Gasteiger partial charge in [0.2, 0.25) is 5.91 Å². The number of carbonyl (C=O) groups excluding carboxylic acids is 1. The van der Waals surface area contributed by atoms with E-state index in [-0.39, 0.29) is 35.8 Å². The Hall–Kier alpha value is -2.29. The first-order chi connectivity index (χ1) is 15.6. The highest BCUT2D eigenvalue weighted by Gasteiger charge is 2.24. The van der Waals surface area contributed by atoms with Gasteiger partial charge in [0, 0.05) is 56.9 Å². The SMILES string of the molecule is CN=C(NCc1ccc(N(C)C2CCCCC2)cc1)NCC1CC(=O)Nc2ccccc21.I. The molecule has 1 aliphatic heterocycles. The van der Waals surface area contributed by atoms with Gasteiger partial charge in [-0.2, -0.15) is 0 Å². The molecule has 33 heavy (non-hydrogen) atoms. The van der Waals surface area contributed by atoms with Crippen LogP contribution >= 0.6 is 24.0 Å². The zero-order valence-electron chi connectivity index (χ0n) is 19.6. The molecule has 3 N–H and O–H groups in total. The summed E-state index contributed by atoms with van der Waals surface area (Å²) in [5, 5.41) is 9.75. The number of guanidine groups is 1. The van der Waals surface area contributed by atoms with Crippen molar-refractivity contribution in [2.45, 2.75) is 57.0 Å². The number of hydrogen-bond donors (Lipinski definition) is 3. The molecule has 1 saturated carbocycles. The van der Waals surface area contributed by atoms with Gasteiger partial charge in [0.25, 0.3) is 0 Å². The fourth-order valence-electron chi connectivity index (χ4n) is 4.84. The van der Waals surface area contributed by atoms with Crippen molar-refractivity contribution in [1.82, 2.24) is 10.6 Å². The highest BCUT2D eigenvalue weighted by molar-refractivity contribution is 14.0. The first-order valence-corrected chi connectivity index (χ1v) is 11.8. The molecule has 6 nitrogen and oxygen atoms in total. The lowest BCUT2D eigenvalue weighted by molar-refractivity contribution is -0.116. The Balaban J connectivity index is 0.00000306. The van der Waals surface area contributed by atoms with Crippen LogP contribution in [0.5, 0.6) is 0 Å². The van der Waals surface area contributed by atoms with E-state index in [0.29, 0.717) is 25.6 Å². The molecule has 1 aliphatic carbocycles. The number of aliphatic imine (C=N–C) groups is 1. The van der Waals surface area contributed by atoms with Crippen LogP contribution in [0.4, 0.5) is 11.4 Å². The molecular weight excluding hydrogens is 525 g/mol. The van der Waals surface area contributed by atoms with Crippen molar-refractivity contribution in [1.29, 1.82) is 0 Å². The van der Waals surface area contributed by atoms with Crippen LogP contribution < -0.4 is 20.9 Å². The van der Waals surface area contributed by atoms with Crippen molar-refractivity contribution in [3.63, 3.8) is 0 Å². The van der Waals surface area contributed by atoms with Gasteiger partial charge in [0.1, 0.15) is 0 Å². The highest BCUT2D eigenvalue weighted by Crippen LogP contribution is 2.31. The summed E-state index contributed by atoms with van der Waals surface area (Å²) >= 11 is 0. The molecule has 1 amide bonds. The number of carbonyl (C=O) groups is 1. The van der Waals surface area contributed by atoms with Gasteiger partial charge in [-0.25, -0.2) is 0 Å². The summed E-state index contributed by atoms with van der Waals surface area (Å²) in [6.45, 7) is 1.37. The number of hydrogen-bond acceptors (Lipinski definition) is 3. The van der Waals surface area contributed by atoms with Gasteiger partial charge < -0.3 is 20.9 Å². The second kappa shape index (κ2) is 12.3. The third-order valence-corrected chi connectivity index (χ3v) is 6.77. The molecular formula is C26H36IN5O. The van der Waals surface area contributed by atoms with Crippen molar-refractivity contribution in [2.75, 3.05) is 30.9 Å². The van der Waals surface area contributed by atoms with Crippen LogP contribution in [0.3, 0.4) is 0 Å². The van der Waals surface area contributed by atoms with E-state index in [9.17, 15) is 4.79 Å². The summed E-state index contributed by atoms with van der Waals surface area (Å²) in [5.41, 5.74) is 4.60. The maximum absolute atomic E-state index is 12.0. The van der Waals surface area contributed by atoms with Gasteiger partial charge in [-0.1, -0.05) is 49.6 Å². The van der Waals surface area contributed by atoms with E-state index in [1.165, 1.54) is 48.9 Å². The van der Waals surface area contributed by atoms with E-state index < -0.39 is 0 Å². The smallest absolute Gasteiger partial charge is 0.225 e. The lowest BCUT2D eigenvalue weighted by Crippen LogP contribution is -2.40. The van der Waals surface area contributed by atoms with E-state index in [4.69, 9.17) is 0 Å². The number of nitrogens with zero attached hydrogens (tertiary/aromatic N) is 2. The quantitative estimate of drug-likeness (QED) is 0.268. The Kier molecular flexibility index (Phi) is 9.41. The topological polar surface area (TPSA) is 68.8 Å². The van der Waals surface area contributed by atoms with Gasteiger partial charge in [-0.05, 0) is 42.2 Å². The van der Waals surface area contributed by atoms with Crippen LogP contribution in [0.1, 0.15) is 55.6 Å². The molecule has 0 spiro atoms. The summed E-state index contributed by atoms with van der Waals surface area (Å²) in [6, 6.07) is 17.5. The molecule has 2 aliphatic rings. The summed E-state index contributed by atoms with van der Waals surface area (Å²) in [7, 11) is 4.00. The number of rotatable bonds is 6. The number of halogens is 1. The average molecular weight is 562 g/mol. The van der Waals surface area contributed by atoms with Gasteiger partial charge in [0.15, 0.2) is 5.96 Å². The Morgan fingerprint density at radius 1 is 1.06 bits per heavy atom. The summed E-state index contributed by atoms with van der Waals surface area (Å²) < 4.78 is 0. The number of benzene rings is 2. The van der Waals surface area contributed by atoms with Crippen LogP contribution in [-0.4, -0.2) is 38.5 Å². The van der Waals surface area contributed by atoms with Crippen LogP contribution in [-0.2, 0) is 11.3 Å². The fraction of sp³-hybridized carbons (Fsp3) is 0.462. The van der Waals surface area contributed by atoms with Crippen molar-refractivity contribution >= 4 is 47.2 Å². The summed E-state index contributed by atoms with van der Waals surface area (Å²) in [6.07, 6.45) is 7.16. The second-order valence-corrected chi connectivity index (χ2v) is 8.91. The normalized spacial score (nSPS) is 18.5. The molecule has 0 bridgehead atoms. The number of para-hydroxylation sites is 1. The fourth-order valence-corrected chi connectivity index (χ4v) is 4.84. The van der Waals surface area contributed by atoms with Crippen LogP contribution in [0.2, 0.25) is 0 Å². The minimum atomic E-state index is 0. The largest absolute Gasteiger partial charge is 0.372 e. The summed E-state index contributed by atoms with van der Waals surface area (Å²) in [5.74, 6) is 0.946. The van der Waals surface area contributed by atoms with Crippen molar-refractivity contribution in [3.05, 3.63) is 59.7 Å². The molecule has 2 aromatic carbocycles. The van der Waals surface area contributed by atoms with Gasteiger partial charge >= 0.3 is 0 Å². The molecule has 178 valence electrons. The first-order valence-electron chi connectivity index (χ1n) is 11.8. The first kappa shape index (κ1) is 25.3. The zero-order valence-corrected chi connectivity index (χ0v) is 22.0. The lowest BCUT2D eigenvalue weighted by atomic mass is 9.90. The van der Waals surface area contributed by atoms with Crippen LogP contribution in [0.25, 0.3) is 0 Å². The number of amides is 1. The third-order valence-electron chi connectivity index (χ3n) is 6.77. The van der Waals surface area contributed by atoms with Crippen molar-refractivity contribution in [2.24, 2.45) is 4.99 Å². The van der Waals surface area contributed by atoms with Crippen molar-refractivity contribution < 1.29 is 4.79 Å². The molecule has 7 heteroatoms. The minimum Gasteiger partial charge on any atom is -0.372 e. The second-order valence-electron chi connectivity index (χ2n) is 8.91. The standard InChI is InChI=1S/C26H35N5O.HI/c1-27-26(29-18-20-16-25(32)30-24-11-7-6-10-23(20)24)28-17-19-12-14-22(15-13-19)31(2)21-8-4-3-5-9-21;/h6-7,10-15,20-21H,3-5,8-9,16-18H2,1-2H3,(H,30,32)(H2,27,28,29);1H. The third kappa shape index (κ3) is 6.62. The Bertz CT molecular complexity index is 940. The predicted molar refractivity (Wildman–Crippen MR) is 148 cm³/mol. The van der Waals surface area contributed by atoms with E-state index in [2.05, 4.69) is 63.2 Å². The molecule has 1 fully saturated rings. The van der Waals surface area contributed by atoms with Crippen LogP contribution in [0.15, 0.2) is 53.5 Å². The molecule has 2 aromatic rings. The van der Waals surface area contributed by atoms with E-state index >= 15 is 0 Å². The molecule has 0 radical (unpaired) electrons. The molecule has 1 heterocycles. The monoisotopic (exact) mass is 561 g/mol. The van der Waals surface area contributed by atoms with E-state index in [0.717, 1.165) is 11.6 Å². The van der Waals surface area contributed by atoms with Gasteiger partial charge in [-0.15, -0.1) is 24.0 Å². The molecule has 4 rings (SSSR count). The summed E-state index contributed by atoms with van der Waals surface area (Å²) in [4.78, 5) is 18.8. The number of nitrogens with one attached hydrogen (secondary N) is 3.